The van der Waals surface area contributed by atoms with Crippen LogP contribution in [0.25, 0.3) is 0 Å². The van der Waals surface area contributed by atoms with Crippen LogP contribution in [0.5, 0.6) is 0 Å². The molecule has 14 heavy (non-hydrogen) atoms. The number of rotatable bonds is 9. The summed E-state index contributed by atoms with van der Waals surface area (Å²) in [6, 6.07) is 0. The largest absolute Gasteiger partial charge is 0.368 e. The number of hydrogen-bond acceptors (Lipinski definition) is 3. The summed E-state index contributed by atoms with van der Waals surface area (Å²) in [7, 11) is 0. The van der Waals surface area contributed by atoms with Gasteiger partial charge >= 0.3 is 0 Å². The van der Waals surface area contributed by atoms with E-state index in [1.165, 1.54) is 19.3 Å². The van der Waals surface area contributed by atoms with Gasteiger partial charge in [-0.05, 0) is 12.3 Å². The molecule has 0 saturated heterocycles. The first-order valence-corrected chi connectivity index (χ1v) is 5.33. The Labute approximate surface area is 86.1 Å². The number of hydrogen-bond donors (Lipinski definition) is 2. The van der Waals surface area contributed by atoms with Crippen molar-refractivity contribution in [1.82, 2.24) is 5.48 Å². The molecule has 0 aromatic heterocycles. The van der Waals surface area contributed by atoms with Crippen LogP contribution in [0.4, 0.5) is 0 Å². The predicted octanol–water partition coefficient (Wildman–Crippen LogP) is 1.21. The third-order valence-electron chi connectivity index (χ3n) is 2.23. The summed E-state index contributed by atoms with van der Waals surface area (Å²) < 4.78 is 0. The molecule has 84 valence electrons. The van der Waals surface area contributed by atoms with Crippen molar-refractivity contribution in [1.29, 1.82) is 0 Å². The van der Waals surface area contributed by atoms with Crippen molar-refractivity contribution in [2.24, 2.45) is 11.7 Å². The Morgan fingerprint density at radius 3 is 2.71 bits per heavy atom. The highest BCUT2D eigenvalue weighted by Crippen LogP contribution is 2.10. The summed E-state index contributed by atoms with van der Waals surface area (Å²) in [5.74, 6) is 0.182. The molecule has 0 aliphatic carbocycles. The first-order chi connectivity index (χ1) is 6.70. The Hall–Kier alpha value is -0.610. The smallest absolute Gasteiger partial charge is 0.245 e. The molecule has 1 amide bonds. The lowest BCUT2D eigenvalue weighted by Gasteiger charge is -2.14. The van der Waals surface area contributed by atoms with Crippen LogP contribution in [-0.2, 0) is 9.63 Å². The molecule has 0 fully saturated rings. The second-order valence-corrected chi connectivity index (χ2v) is 3.52. The molecule has 0 rings (SSSR count). The molecule has 1 unspecified atom stereocenters. The summed E-state index contributed by atoms with van der Waals surface area (Å²) in [5, 5.41) is 0. The van der Waals surface area contributed by atoms with Crippen LogP contribution >= 0.6 is 0 Å². The fourth-order valence-electron chi connectivity index (χ4n) is 1.24. The third-order valence-corrected chi connectivity index (χ3v) is 2.23. The minimum Gasteiger partial charge on any atom is -0.368 e. The standard InChI is InChI=1S/C10H22N2O2/c1-3-5-6-9(4-2)7-12-14-8-10(11)13/h9,12H,3-8H2,1-2H3,(H2,11,13). The van der Waals surface area contributed by atoms with E-state index < -0.39 is 5.91 Å². The Morgan fingerprint density at radius 1 is 1.50 bits per heavy atom. The first kappa shape index (κ1) is 13.4. The molecule has 0 aromatic carbocycles. The van der Waals surface area contributed by atoms with Crippen LogP contribution in [-0.4, -0.2) is 19.1 Å². The molecule has 0 radical (unpaired) electrons. The van der Waals surface area contributed by atoms with E-state index in [1.807, 2.05) is 0 Å². The number of nitrogens with one attached hydrogen (secondary N) is 1. The van der Waals surface area contributed by atoms with Crippen molar-refractivity contribution in [3.8, 4) is 0 Å². The molecule has 0 bridgehead atoms. The van der Waals surface area contributed by atoms with Crippen molar-refractivity contribution >= 4 is 5.91 Å². The normalized spacial score (nSPS) is 12.7. The molecule has 0 spiro atoms. The van der Waals surface area contributed by atoms with Crippen LogP contribution in [0.3, 0.4) is 0 Å². The zero-order valence-corrected chi connectivity index (χ0v) is 9.21. The maximum atomic E-state index is 10.3. The number of primary amides is 1. The summed E-state index contributed by atoms with van der Waals surface area (Å²) in [5.41, 5.74) is 7.69. The van der Waals surface area contributed by atoms with Gasteiger partial charge in [0.25, 0.3) is 0 Å². The highest BCUT2D eigenvalue weighted by atomic mass is 16.6. The fraction of sp³-hybridized carbons (Fsp3) is 0.900. The zero-order chi connectivity index (χ0) is 10.8. The van der Waals surface area contributed by atoms with Gasteiger partial charge in [0.2, 0.25) is 5.91 Å². The van der Waals surface area contributed by atoms with Crippen molar-refractivity contribution < 1.29 is 9.63 Å². The van der Waals surface area contributed by atoms with E-state index in [9.17, 15) is 4.79 Å². The SMILES string of the molecule is CCCCC(CC)CNOCC(N)=O. The second kappa shape index (κ2) is 8.97. The molecule has 0 aliphatic rings. The van der Waals surface area contributed by atoms with Crippen LogP contribution in [0.1, 0.15) is 39.5 Å². The molecular formula is C10H22N2O2. The van der Waals surface area contributed by atoms with Crippen molar-refractivity contribution in [2.45, 2.75) is 39.5 Å². The quantitative estimate of drug-likeness (QED) is 0.436. The van der Waals surface area contributed by atoms with E-state index >= 15 is 0 Å². The van der Waals surface area contributed by atoms with Crippen LogP contribution in [0.2, 0.25) is 0 Å². The van der Waals surface area contributed by atoms with E-state index in [4.69, 9.17) is 10.6 Å². The highest BCUT2D eigenvalue weighted by Gasteiger charge is 2.05. The Balaban J connectivity index is 3.37. The average Bonchev–Trinajstić information content (AvgIpc) is 2.16. The molecule has 0 heterocycles. The van der Waals surface area contributed by atoms with E-state index in [-0.39, 0.29) is 6.61 Å². The minimum atomic E-state index is -0.445. The summed E-state index contributed by atoms with van der Waals surface area (Å²) in [6.45, 7) is 5.09. The predicted molar refractivity (Wildman–Crippen MR) is 56.5 cm³/mol. The maximum absolute atomic E-state index is 10.3. The molecule has 0 saturated carbocycles. The van der Waals surface area contributed by atoms with Gasteiger partial charge in [0.1, 0.15) is 6.61 Å². The number of amides is 1. The van der Waals surface area contributed by atoms with Gasteiger partial charge in [-0.15, -0.1) is 0 Å². The number of carbonyl (C=O) groups is 1. The fourth-order valence-corrected chi connectivity index (χ4v) is 1.24. The lowest BCUT2D eigenvalue weighted by atomic mass is 10.00. The third kappa shape index (κ3) is 8.01. The molecule has 4 heteroatoms. The van der Waals surface area contributed by atoms with Crippen LogP contribution in [0, 0.1) is 5.92 Å². The minimum absolute atomic E-state index is 0.0514. The summed E-state index contributed by atoms with van der Waals surface area (Å²) in [6.07, 6.45) is 4.81. The summed E-state index contributed by atoms with van der Waals surface area (Å²) >= 11 is 0. The van der Waals surface area contributed by atoms with Crippen LogP contribution in [0.15, 0.2) is 0 Å². The monoisotopic (exact) mass is 202 g/mol. The average molecular weight is 202 g/mol. The van der Waals surface area contributed by atoms with Gasteiger partial charge < -0.3 is 5.73 Å². The van der Waals surface area contributed by atoms with Crippen molar-refractivity contribution in [3.63, 3.8) is 0 Å². The van der Waals surface area contributed by atoms with Gasteiger partial charge in [-0.3, -0.25) is 9.63 Å². The van der Waals surface area contributed by atoms with Gasteiger partial charge in [-0.1, -0.05) is 33.1 Å². The molecule has 4 nitrogen and oxygen atoms in total. The van der Waals surface area contributed by atoms with Gasteiger partial charge in [-0.25, -0.2) is 5.48 Å². The Kier molecular flexibility index (Phi) is 8.57. The number of nitrogens with two attached hydrogens (primary N) is 1. The Morgan fingerprint density at radius 2 is 2.21 bits per heavy atom. The van der Waals surface area contributed by atoms with Crippen molar-refractivity contribution in [2.75, 3.05) is 13.2 Å². The van der Waals surface area contributed by atoms with Gasteiger partial charge in [0.05, 0.1) is 0 Å². The first-order valence-electron chi connectivity index (χ1n) is 5.33. The van der Waals surface area contributed by atoms with Gasteiger partial charge in [0, 0.05) is 6.54 Å². The number of hydroxylamine groups is 1. The van der Waals surface area contributed by atoms with Crippen LogP contribution < -0.4 is 11.2 Å². The molecule has 0 aromatic rings. The van der Waals surface area contributed by atoms with E-state index in [0.29, 0.717) is 5.92 Å². The molecule has 1 atom stereocenters. The van der Waals surface area contributed by atoms with Crippen molar-refractivity contribution in [3.05, 3.63) is 0 Å². The molecule has 0 aliphatic heterocycles. The van der Waals surface area contributed by atoms with Gasteiger partial charge in [-0.2, -0.15) is 0 Å². The maximum Gasteiger partial charge on any atom is 0.245 e. The van der Waals surface area contributed by atoms with E-state index in [0.717, 1.165) is 13.0 Å². The Bertz CT molecular complexity index is 151. The lowest BCUT2D eigenvalue weighted by molar-refractivity contribution is -0.125. The highest BCUT2D eigenvalue weighted by molar-refractivity contribution is 5.74. The summed E-state index contributed by atoms with van der Waals surface area (Å²) in [4.78, 5) is 15.2. The number of carbonyl (C=O) groups excluding carboxylic acids is 1. The topological polar surface area (TPSA) is 64.3 Å². The zero-order valence-electron chi connectivity index (χ0n) is 9.21. The molecular weight excluding hydrogens is 180 g/mol. The van der Waals surface area contributed by atoms with Gasteiger partial charge in [0.15, 0.2) is 0 Å². The lowest BCUT2D eigenvalue weighted by Crippen LogP contribution is -2.28. The number of unbranched alkanes of at least 4 members (excludes halogenated alkanes) is 1. The molecule has 3 N–H and O–H groups in total. The van der Waals surface area contributed by atoms with E-state index in [2.05, 4.69) is 19.3 Å². The second-order valence-electron chi connectivity index (χ2n) is 3.52. The van der Waals surface area contributed by atoms with E-state index in [1.54, 1.807) is 0 Å².